The van der Waals surface area contributed by atoms with Gasteiger partial charge in [-0.2, -0.15) is 0 Å². The van der Waals surface area contributed by atoms with Crippen molar-refractivity contribution >= 4 is 23.9 Å². The Kier molecular flexibility index (Phi) is 10.7. The van der Waals surface area contributed by atoms with Crippen molar-refractivity contribution in [1.29, 1.82) is 0 Å². The molecular formula is C23H43N3O8. The first-order valence-electron chi connectivity index (χ1n) is 11.1. The van der Waals surface area contributed by atoms with Gasteiger partial charge < -0.3 is 20.4 Å². The SMILES string of the molecule is CN(C(C)(C)CC(C)(C)N(CC(=O)O)CC(=O)O)C(C)(C)CC(C)(C)N(CC(=O)O)CC(=O)O. The van der Waals surface area contributed by atoms with Crippen LogP contribution >= 0.6 is 0 Å². The Hall–Kier alpha value is -2.24. The van der Waals surface area contributed by atoms with Crippen LogP contribution in [0.2, 0.25) is 0 Å². The molecule has 0 bridgehead atoms. The lowest BCUT2D eigenvalue weighted by Gasteiger charge is -2.53. The molecule has 34 heavy (non-hydrogen) atoms. The van der Waals surface area contributed by atoms with Crippen LogP contribution in [0, 0.1) is 0 Å². The molecular weight excluding hydrogens is 446 g/mol. The van der Waals surface area contributed by atoms with Gasteiger partial charge in [0, 0.05) is 22.2 Å². The fraction of sp³-hybridized carbons (Fsp3) is 0.826. The van der Waals surface area contributed by atoms with Crippen LogP contribution in [-0.2, 0) is 19.2 Å². The van der Waals surface area contributed by atoms with Crippen molar-refractivity contribution in [3.8, 4) is 0 Å². The summed E-state index contributed by atoms with van der Waals surface area (Å²) in [7, 11) is 1.91. The van der Waals surface area contributed by atoms with E-state index in [4.69, 9.17) is 0 Å². The second-order valence-electron chi connectivity index (χ2n) is 11.4. The molecule has 0 aromatic carbocycles. The molecule has 0 aromatic rings. The van der Waals surface area contributed by atoms with Crippen molar-refractivity contribution in [2.45, 2.75) is 90.4 Å². The number of aliphatic carboxylic acids is 4. The standard InChI is InChI=1S/C23H43N3O8/c1-20(2,14-22(5,6)25(10-16(27)28)11-17(29)30)24(9)21(3,4)15-23(7,8)26(12-18(31)32)13-19(33)34/h10-15H2,1-9H3,(H,27,28)(H,29,30)(H,31,32)(H,33,34). The molecule has 0 rings (SSSR count). The van der Waals surface area contributed by atoms with Crippen molar-refractivity contribution in [3.63, 3.8) is 0 Å². The second kappa shape index (κ2) is 11.5. The molecule has 0 atom stereocenters. The average Bonchev–Trinajstić information content (AvgIpc) is 2.56. The van der Waals surface area contributed by atoms with Crippen molar-refractivity contribution in [3.05, 3.63) is 0 Å². The first kappa shape index (κ1) is 31.8. The Morgan fingerprint density at radius 3 is 0.882 bits per heavy atom. The van der Waals surface area contributed by atoms with Crippen LogP contribution in [0.4, 0.5) is 0 Å². The molecule has 0 amide bonds. The molecule has 0 unspecified atom stereocenters. The summed E-state index contributed by atoms with van der Waals surface area (Å²) in [5.41, 5.74) is -2.58. The predicted molar refractivity (Wildman–Crippen MR) is 127 cm³/mol. The lowest BCUT2D eigenvalue weighted by molar-refractivity contribution is -0.146. The summed E-state index contributed by atoms with van der Waals surface area (Å²) < 4.78 is 0. The van der Waals surface area contributed by atoms with Gasteiger partial charge in [0.1, 0.15) is 0 Å². The summed E-state index contributed by atoms with van der Waals surface area (Å²) >= 11 is 0. The van der Waals surface area contributed by atoms with E-state index in [1.807, 2.05) is 62.4 Å². The monoisotopic (exact) mass is 489 g/mol. The van der Waals surface area contributed by atoms with E-state index in [0.717, 1.165) is 0 Å². The van der Waals surface area contributed by atoms with Gasteiger partial charge in [0.15, 0.2) is 0 Å². The fourth-order valence-electron chi connectivity index (χ4n) is 5.02. The molecule has 0 radical (unpaired) electrons. The summed E-state index contributed by atoms with van der Waals surface area (Å²) in [5.74, 6) is -4.45. The minimum Gasteiger partial charge on any atom is -0.480 e. The smallest absolute Gasteiger partial charge is 0.317 e. The predicted octanol–water partition coefficient (Wildman–Crippen LogP) is 1.76. The van der Waals surface area contributed by atoms with Crippen LogP contribution in [0.1, 0.15) is 68.2 Å². The molecule has 0 fully saturated rings. The van der Waals surface area contributed by atoms with E-state index in [9.17, 15) is 39.6 Å². The highest BCUT2D eigenvalue weighted by molar-refractivity contribution is 5.73. The maximum Gasteiger partial charge on any atom is 0.317 e. The molecule has 0 aliphatic rings. The molecule has 0 aliphatic carbocycles. The van der Waals surface area contributed by atoms with Crippen LogP contribution in [0.15, 0.2) is 0 Å². The zero-order valence-electron chi connectivity index (χ0n) is 22.0. The van der Waals surface area contributed by atoms with Gasteiger partial charge in [-0.15, -0.1) is 0 Å². The van der Waals surface area contributed by atoms with E-state index >= 15 is 0 Å². The molecule has 0 saturated carbocycles. The molecule has 0 heterocycles. The number of nitrogens with zero attached hydrogens (tertiary/aromatic N) is 3. The van der Waals surface area contributed by atoms with E-state index in [1.165, 1.54) is 9.80 Å². The van der Waals surface area contributed by atoms with Gasteiger partial charge in [-0.1, -0.05) is 0 Å². The van der Waals surface area contributed by atoms with Crippen molar-refractivity contribution < 1.29 is 39.6 Å². The summed E-state index contributed by atoms with van der Waals surface area (Å²) in [6.45, 7) is 13.5. The third-order valence-electron chi connectivity index (χ3n) is 6.56. The maximum atomic E-state index is 11.3. The van der Waals surface area contributed by atoms with E-state index in [0.29, 0.717) is 12.8 Å². The summed E-state index contributed by atoms with van der Waals surface area (Å²) in [6.07, 6.45) is 0.879. The molecule has 0 saturated heterocycles. The Morgan fingerprint density at radius 1 is 0.500 bits per heavy atom. The first-order chi connectivity index (χ1) is 15.0. The van der Waals surface area contributed by atoms with Gasteiger partial charge >= 0.3 is 23.9 Å². The van der Waals surface area contributed by atoms with Gasteiger partial charge in [0.2, 0.25) is 0 Å². The lowest BCUT2D eigenvalue weighted by Crippen LogP contribution is -2.62. The Bertz CT molecular complexity index is 667. The summed E-state index contributed by atoms with van der Waals surface area (Å²) in [6, 6.07) is 0. The largest absolute Gasteiger partial charge is 0.480 e. The summed E-state index contributed by atoms with van der Waals surface area (Å²) in [5, 5.41) is 37.1. The highest BCUT2D eigenvalue weighted by atomic mass is 16.4. The van der Waals surface area contributed by atoms with Gasteiger partial charge in [-0.25, -0.2) is 0 Å². The quantitative estimate of drug-likeness (QED) is 0.250. The zero-order valence-corrected chi connectivity index (χ0v) is 22.0. The summed E-state index contributed by atoms with van der Waals surface area (Å²) in [4.78, 5) is 50.3. The second-order valence-corrected chi connectivity index (χ2v) is 11.4. The highest BCUT2D eigenvalue weighted by Crippen LogP contribution is 2.37. The van der Waals surface area contributed by atoms with Crippen molar-refractivity contribution in [2.75, 3.05) is 33.2 Å². The Balaban J connectivity index is 5.85. The van der Waals surface area contributed by atoms with Gasteiger partial charge in [0.05, 0.1) is 26.2 Å². The molecule has 4 N–H and O–H groups in total. The van der Waals surface area contributed by atoms with Gasteiger partial charge in [-0.3, -0.25) is 33.9 Å². The average molecular weight is 490 g/mol. The number of carbonyl (C=O) groups is 4. The first-order valence-corrected chi connectivity index (χ1v) is 11.1. The number of hydrogen-bond acceptors (Lipinski definition) is 7. The molecule has 11 nitrogen and oxygen atoms in total. The van der Waals surface area contributed by atoms with Crippen LogP contribution in [-0.4, -0.2) is 114 Å². The van der Waals surface area contributed by atoms with Crippen LogP contribution < -0.4 is 0 Å². The molecule has 11 heteroatoms. The Morgan fingerprint density at radius 2 is 0.706 bits per heavy atom. The van der Waals surface area contributed by atoms with Gasteiger partial charge in [-0.05, 0) is 75.3 Å². The van der Waals surface area contributed by atoms with Crippen LogP contribution in [0.25, 0.3) is 0 Å². The minimum absolute atomic E-state index is 0.408. The van der Waals surface area contributed by atoms with Crippen LogP contribution in [0.5, 0.6) is 0 Å². The van der Waals surface area contributed by atoms with E-state index in [-0.39, 0.29) is 0 Å². The minimum atomic E-state index is -1.11. The molecule has 0 aromatic heterocycles. The third kappa shape index (κ3) is 9.94. The molecule has 198 valence electrons. The van der Waals surface area contributed by atoms with Gasteiger partial charge in [0.25, 0.3) is 0 Å². The van der Waals surface area contributed by atoms with Crippen molar-refractivity contribution in [1.82, 2.24) is 14.7 Å². The number of hydrogen-bond donors (Lipinski definition) is 4. The topological polar surface area (TPSA) is 159 Å². The van der Waals surface area contributed by atoms with E-state index in [2.05, 4.69) is 4.90 Å². The number of rotatable bonds is 16. The van der Waals surface area contributed by atoms with Crippen molar-refractivity contribution in [2.24, 2.45) is 0 Å². The maximum absolute atomic E-state index is 11.3. The lowest BCUT2D eigenvalue weighted by atomic mass is 9.78. The highest BCUT2D eigenvalue weighted by Gasteiger charge is 2.44. The fourth-order valence-corrected chi connectivity index (χ4v) is 5.02. The number of carboxylic acids is 4. The number of carboxylic acid groups (broad SMARTS) is 4. The van der Waals surface area contributed by atoms with Crippen LogP contribution in [0.3, 0.4) is 0 Å². The van der Waals surface area contributed by atoms with E-state index < -0.39 is 72.2 Å². The molecule has 0 aliphatic heterocycles. The third-order valence-corrected chi connectivity index (χ3v) is 6.56. The zero-order chi connectivity index (χ0) is 27.3. The Labute approximate surface area is 202 Å². The normalized spacial score (nSPS) is 13.5. The molecule has 0 spiro atoms. The van der Waals surface area contributed by atoms with E-state index in [1.54, 1.807) is 0 Å².